The molecule has 0 spiro atoms. The van der Waals surface area contributed by atoms with Crippen LogP contribution in [0.4, 0.5) is 4.79 Å². The number of rotatable bonds is 5. The van der Waals surface area contributed by atoms with E-state index in [2.05, 4.69) is 36.4 Å². The Kier molecular flexibility index (Phi) is 7.77. The van der Waals surface area contributed by atoms with Gasteiger partial charge in [0.05, 0.1) is 11.1 Å². The van der Waals surface area contributed by atoms with E-state index in [1.807, 2.05) is 64.4 Å². The Morgan fingerprint density at radius 1 is 1.15 bits per heavy atom. The first-order valence-corrected chi connectivity index (χ1v) is 13.5. The quantitative estimate of drug-likeness (QED) is 0.450. The monoisotopic (exact) mass is 532 g/mol. The van der Waals surface area contributed by atoms with Gasteiger partial charge in [-0.1, -0.05) is 19.9 Å². The average molecular weight is 533 g/mol. The van der Waals surface area contributed by atoms with Gasteiger partial charge >= 0.3 is 6.09 Å². The van der Waals surface area contributed by atoms with Gasteiger partial charge in [0.25, 0.3) is 11.5 Å². The maximum atomic E-state index is 13.6. The van der Waals surface area contributed by atoms with E-state index in [1.54, 1.807) is 4.90 Å². The van der Waals surface area contributed by atoms with E-state index >= 15 is 0 Å². The van der Waals surface area contributed by atoms with Crippen LogP contribution >= 0.6 is 0 Å². The third kappa shape index (κ3) is 6.10. The van der Waals surface area contributed by atoms with Crippen molar-refractivity contribution >= 4 is 28.5 Å². The molecule has 0 aliphatic carbocycles. The lowest BCUT2D eigenvalue weighted by atomic mass is 9.93. The third-order valence-corrected chi connectivity index (χ3v) is 7.12. The number of amides is 2. The Morgan fingerprint density at radius 3 is 2.46 bits per heavy atom. The van der Waals surface area contributed by atoms with Crippen molar-refractivity contribution in [1.82, 2.24) is 19.8 Å². The number of fused-ring (bicyclic) bond motifs is 1. The number of aryl methyl sites for hydroxylation is 3. The zero-order valence-corrected chi connectivity index (χ0v) is 24.3. The minimum absolute atomic E-state index is 0.140. The first-order chi connectivity index (χ1) is 18.2. The molecule has 2 N–H and O–H groups in total. The number of hydrogen-bond donors (Lipinski definition) is 2. The van der Waals surface area contributed by atoms with E-state index in [0.29, 0.717) is 30.6 Å². The first-order valence-electron chi connectivity index (χ1n) is 13.5. The summed E-state index contributed by atoms with van der Waals surface area (Å²) in [6.07, 6.45) is 4.47. The van der Waals surface area contributed by atoms with Gasteiger partial charge in [-0.2, -0.15) is 0 Å². The highest BCUT2D eigenvalue weighted by Gasteiger charge is 2.25. The Bertz CT molecular complexity index is 1520. The Hall–Kier alpha value is -3.81. The standard InChI is InChI=1S/C31H40N4O4/c1-18(2)26-17-34(8)27-23(26)14-22(21-9-11-35(12-10-21)30(38)39-31(5,6)7)15-24(27)28(36)32-16-25-19(3)13-20(4)33-29(25)37/h9,13-15,17-18H,10-12,16H2,1-8H3,(H,32,36)(H,33,37). The van der Waals surface area contributed by atoms with Crippen LogP contribution in [-0.4, -0.2) is 45.1 Å². The van der Waals surface area contributed by atoms with Gasteiger partial charge in [0.1, 0.15) is 5.60 Å². The molecular weight excluding hydrogens is 492 g/mol. The van der Waals surface area contributed by atoms with Gasteiger partial charge in [-0.15, -0.1) is 0 Å². The maximum absolute atomic E-state index is 13.6. The molecule has 208 valence electrons. The summed E-state index contributed by atoms with van der Waals surface area (Å²) in [6, 6.07) is 6.00. The number of carbonyl (C=O) groups is 2. The maximum Gasteiger partial charge on any atom is 0.410 e. The van der Waals surface area contributed by atoms with Crippen LogP contribution in [0.1, 0.15) is 85.3 Å². The fourth-order valence-corrected chi connectivity index (χ4v) is 5.18. The molecule has 0 saturated carbocycles. The molecule has 8 nitrogen and oxygen atoms in total. The average Bonchev–Trinajstić information content (AvgIpc) is 3.18. The topological polar surface area (TPSA) is 96.4 Å². The molecular formula is C31H40N4O4. The van der Waals surface area contributed by atoms with E-state index < -0.39 is 5.60 Å². The molecule has 1 aromatic carbocycles. The molecule has 1 aliphatic rings. The molecule has 0 atom stereocenters. The molecule has 8 heteroatoms. The van der Waals surface area contributed by atoms with Crippen LogP contribution < -0.4 is 10.9 Å². The first kappa shape index (κ1) is 28.2. The van der Waals surface area contributed by atoms with Crippen LogP contribution in [-0.2, 0) is 18.3 Å². The molecule has 39 heavy (non-hydrogen) atoms. The predicted molar refractivity (Wildman–Crippen MR) is 155 cm³/mol. The summed E-state index contributed by atoms with van der Waals surface area (Å²) in [5.41, 5.74) is 6.11. The molecule has 2 amide bonds. The zero-order chi connectivity index (χ0) is 28.6. The lowest BCUT2D eigenvalue weighted by Gasteiger charge is -2.29. The molecule has 0 radical (unpaired) electrons. The highest BCUT2D eigenvalue weighted by Crippen LogP contribution is 2.34. The van der Waals surface area contributed by atoms with Crippen molar-refractivity contribution in [2.45, 2.75) is 73.0 Å². The molecule has 2 aromatic heterocycles. The lowest BCUT2D eigenvalue weighted by molar-refractivity contribution is 0.0270. The van der Waals surface area contributed by atoms with Gasteiger partial charge in [0, 0.05) is 49.5 Å². The summed E-state index contributed by atoms with van der Waals surface area (Å²) >= 11 is 0. The smallest absolute Gasteiger partial charge is 0.410 e. The summed E-state index contributed by atoms with van der Waals surface area (Å²) in [4.78, 5) is 43.2. The summed E-state index contributed by atoms with van der Waals surface area (Å²) in [7, 11) is 1.96. The van der Waals surface area contributed by atoms with Gasteiger partial charge in [-0.3, -0.25) is 9.59 Å². The van der Waals surface area contributed by atoms with Gasteiger partial charge in [0.2, 0.25) is 0 Å². The van der Waals surface area contributed by atoms with Crippen molar-refractivity contribution < 1.29 is 14.3 Å². The molecule has 3 heterocycles. The van der Waals surface area contributed by atoms with E-state index in [-0.39, 0.29) is 30.0 Å². The SMILES string of the molecule is Cc1cc(C)c(CNC(=O)c2cc(C3=CCN(C(=O)OC(C)(C)C)CC3)cc3c(C(C)C)cn(C)c23)c(=O)[nH]1. The fourth-order valence-electron chi connectivity index (χ4n) is 5.18. The molecule has 0 saturated heterocycles. The highest BCUT2D eigenvalue weighted by atomic mass is 16.6. The van der Waals surface area contributed by atoms with Crippen molar-refractivity contribution in [3.05, 3.63) is 74.3 Å². The second kappa shape index (κ2) is 10.8. The Balaban J connectivity index is 1.69. The van der Waals surface area contributed by atoms with Crippen molar-refractivity contribution in [2.24, 2.45) is 7.05 Å². The van der Waals surface area contributed by atoms with Crippen LogP contribution in [0.2, 0.25) is 0 Å². The van der Waals surface area contributed by atoms with E-state index in [9.17, 15) is 14.4 Å². The van der Waals surface area contributed by atoms with Crippen molar-refractivity contribution in [2.75, 3.05) is 13.1 Å². The van der Waals surface area contributed by atoms with Gasteiger partial charge in [-0.05, 0) is 87.4 Å². The number of carbonyl (C=O) groups excluding carboxylic acids is 2. The van der Waals surface area contributed by atoms with Crippen molar-refractivity contribution in [3.8, 4) is 0 Å². The van der Waals surface area contributed by atoms with Gasteiger partial charge in [0.15, 0.2) is 0 Å². The van der Waals surface area contributed by atoms with Crippen LogP contribution in [0.25, 0.3) is 16.5 Å². The normalized spacial score (nSPS) is 14.1. The number of nitrogens with one attached hydrogen (secondary N) is 2. The van der Waals surface area contributed by atoms with Gasteiger partial charge in [-0.25, -0.2) is 4.79 Å². The van der Waals surface area contributed by atoms with Crippen molar-refractivity contribution in [3.63, 3.8) is 0 Å². The summed E-state index contributed by atoms with van der Waals surface area (Å²) in [6.45, 7) is 14.7. The van der Waals surface area contributed by atoms with Gasteiger partial charge < -0.3 is 24.5 Å². The Labute approximate surface area is 230 Å². The van der Waals surface area contributed by atoms with Crippen LogP contribution in [0.5, 0.6) is 0 Å². The van der Waals surface area contributed by atoms with Crippen molar-refractivity contribution in [1.29, 1.82) is 0 Å². The minimum atomic E-state index is -0.545. The van der Waals surface area contributed by atoms with E-state index in [1.165, 1.54) is 5.56 Å². The van der Waals surface area contributed by atoms with E-state index in [0.717, 1.165) is 33.3 Å². The Morgan fingerprint density at radius 2 is 1.87 bits per heavy atom. The van der Waals surface area contributed by atoms with Crippen LogP contribution in [0.15, 0.2) is 35.3 Å². The molecule has 4 rings (SSSR count). The number of nitrogens with zero attached hydrogens (tertiary/aromatic N) is 2. The van der Waals surface area contributed by atoms with Crippen LogP contribution in [0.3, 0.4) is 0 Å². The number of ether oxygens (including phenoxy) is 1. The molecule has 0 fully saturated rings. The molecule has 1 aliphatic heterocycles. The zero-order valence-electron chi connectivity index (χ0n) is 24.3. The number of benzene rings is 1. The highest BCUT2D eigenvalue weighted by molar-refractivity contribution is 6.08. The predicted octanol–water partition coefficient (Wildman–Crippen LogP) is 5.56. The summed E-state index contributed by atoms with van der Waals surface area (Å²) < 4.78 is 7.54. The lowest BCUT2D eigenvalue weighted by Crippen LogP contribution is -2.39. The summed E-state index contributed by atoms with van der Waals surface area (Å²) in [5, 5.41) is 4.02. The number of hydrogen-bond acceptors (Lipinski definition) is 4. The minimum Gasteiger partial charge on any atom is -0.444 e. The molecule has 0 bridgehead atoms. The third-order valence-electron chi connectivity index (χ3n) is 7.12. The number of aromatic nitrogens is 2. The second-order valence-corrected chi connectivity index (χ2v) is 11.8. The molecule has 3 aromatic rings. The summed E-state index contributed by atoms with van der Waals surface area (Å²) in [5.74, 6) is 0.0427. The number of H-pyrrole nitrogens is 1. The van der Waals surface area contributed by atoms with E-state index in [4.69, 9.17) is 4.74 Å². The number of pyridine rings is 1. The largest absolute Gasteiger partial charge is 0.444 e. The fraction of sp³-hybridized carbons (Fsp3) is 0.452. The molecule has 0 unspecified atom stereocenters. The number of aromatic amines is 1. The van der Waals surface area contributed by atoms with Crippen LogP contribution in [0, 0.1) is 13.8 Å². The second-order valence-electron chi connectivity index (χ2n) is 11.8.